The molecule has 5 heteroatoms. The third-order valence-electron chi connectivity index (χ3n) is 3.97. The lowest BCUT2D eigenvalue weighted by Gasteiger charge is -2.21. The Bertz CT molecular complexity index is 488. The van der Waals surface area contributed by atoms with Gasteiger partial charge in [0.05, 0.1) is 0 Å². The lowest BCUT2D eigenvalue weighted by atomic mass is 10.0. The molecule has 1 atom stereocenters. The molecule has 1 unspecified atom stereocenters. The maximum atomic E-state index is 12.0. The molecule has 128 valence electrons. The van der Waals surface area contributed by atoms with Crippen molar-refractivity contribution < 1.29 is 9.59 Å². The van der Waals surface area contributed by atoms with E-state index in [0.717, 1.165) is 6.42 Å². The van der Waals surface area contributed by atoms with Gasteiger partial charge in [-0.2, -0.15) is 0 Å². The van der Waals surface area contributed by atoms with Crippen LogP contribution in [0.15, 0.2) is 30.3 Å². The van der Waals surface area contributed by atoms with Gasteiger partial charge < -0.3 is 16.0 Å². The summed E-state index contributed by atoms with van der Waals surface area (Å²) >= 11 is 0. The van der Waals surface area contributed by atoms with Gasteiger partial charge in [-0.1, -0.05) is 32.0 Å². The molecule has 23 heavy (non-hydrogen) atoms. The van der Waals surface area contributed by atoms with Crippen LogP contribution in [-0.2, 0) is 4.79 Å². The molecule has 0 aliphatic rings. The number of nitrogens with zero attached hydrogens (tertiary/aromatic N) is 1. The van der Waals surface area contributed by atoms with E-state index in [1.165, 1.54) is 0 Å². The molecule has 0 aromatic heterocycles. The molecular weight excluding hydrogens is 290 g/mol. The first kappa shape index (κ1) is 19.2. The van der Waals surface area contributed by atoms with Crippen molar-refractivity contribution in [3.63, 3.8) is 0 Å². The zero-order valence-corrected chi connectivity index (χ0v) is 14.4. The summed E-state index contributed by atoms with van der Waals surface area (Å²) in [5.74, 6) is 0.413. The second kappa shape index (κ2) is 10.0. The van der Waals surface area contributed by atoms with E-state index >= 15 is 0 Å². The molecule has 0 radical (unpaired) electrons. The molecule has 5 nitrogen and oxygen atoms in total. The Hall–Kier alpha value is -1.88. The molecule has 0 saturated carbocycles. The normalized spacial score (nSPS) is 12.0. The number of hydrogen-bond acceptors (Lipinski definition) is 3. The number of nitrogens with one attached hydrogen (secondary N) is 1. The SMILES string of the molecule is CC(C)C(N)CCN(C)C(=O)CCCNC(=O)c1ccccc1. The Kier molecular flexibility index (Phi) is 8.33. The third kappa shape index (κ3) is 7.28. The summed E-state index contributed by atoms with van der Waals surface area (Å²) in [6, 6.07) is 9.19. The first-order valence-electron chi connectivity index (χ1n) is 8.24. The molecular formula is C18H29N3O2. The minimum Gasteiger partial charge on any atom is -0.352 e. The first-order chi connectivity index (χ1) is 10.9. The second-order valence-electron chi connectivity index (χ2n) is 6.24. The van der Waals surface area contributed by atoms with Crippen LogP contribution in [-0.4, -0.2) is 42.9 Å². The highest BCUT2D eigenvalue weighted by atomic mass is 16.2. The van der Waals surface area contributed by atoms with E-state index in [-0.39, 0.29) is 17.9 Å². The summed E-state index contributed by atoms with van der Waals surface area (Å²) in [6.45, 7) is 5.34. The molecule has 1 rings (SSSR count). The van der Waals surface area contributed by atoms with Crippen molar-refractivity contribution in [3.05, 3.63) is 35.9 Å². The van der Waals surface area contributed by atoms with Crippen LogP contribution in [0.1, 0.15) is 43.5 Å². The molecule has 0 heterocycles. The summed E-state index contributed by atoms with van der Waals surface area (Å²) in [5, 5.41) is 2.83. The lowest BCUT2D eigenvalue weighted by Crippen LogP contribution is -2.35. The maximum absolute atomic E-state index is 12.0. The number of carbonyl (C=O) groups is 2. The van der Waals surface area contributed by atoms with E-state index in [0.29, 0.717) is 37.4 Å². The zero-order chi connectivity index (χ0) is 17.2. The molecule has 0 saturated heterocycles. The summed E-state index contributed by atoms with van der Waals surface area (Å²) in [5.41, 5.74) is 6.63. The van der Waals surface area contributed by atoms with Crippen molar-refractivity contribution in [2.75, 3.05) is 20.1 Å². The predicted octanol–water partition coefficient (Wildman–Crippen LogP) is 2.03. The fourth-order valence-corrected chi connectivity index (χ4v) is 2.12. The number of rotatable bonds is 9. The van der Waals surface area contributed by atoms with Crippen LogP contribution < -0.4 is 11.1 Å². The fourth-order valence-electron chi connectivity index (χ4n) is 2.12. The van der Waals surface area contributed by atoms with Gasteiger partial charge >= 0.3 is 0 Å². The zero-order valence-electron chi connectivity index (χ0n) is 14.4. The molecule has 0 bridgehead atoms. The highest BCUT2D eigenvalue weighted by molar-refractivity contribution is 5.94. The van der Waals surface area contributed by atoms with Gasteiger partial charge in [0, 0.05) is 38.2 Å². The molecule has 0 fully saturated rings. The standard InChI is InChI=1S/C18H29N3O2/c1-14(2)16(19)11-13-21(3)17(22)10-7-12-20-18(23)15-8-5-4-6-9-15/h4-6,8-9,14,16H,7,10-13,19H2,1-3H3,(H,20,23). The summed E-state index contributed by atoms with van der Waals surface area (Å²) in [7, 11) is 1.80. The van der Waals surface area contributed by atoms with Crippen LogP contribution in [0.5, 0.6) is 0 Å². The summed E-state index contributed by atoms with van der Waals surface area (Å²) in [6.07, 6.45) is 1.88. The van der Waals surface area contributed by atoms with Crippen LogP contribution in [0.3, 0.4) is 0 Å². The number of nitrogens with two attached hydrogens (primary N) is 1. The Balaban J connectivity index is 2.19. The maximum Gasteiger partial charge on any atom is 0.251 e. The molecule has 1 aromatic rings. The third-order valence-corrected chi connectivity index (χ3v) is 3.97. The van der Waals surface area contributed by atoms with Gasteiger partial charge in [-0.25, -0.2) is 0 Å². The highest BCUT2D eigenvalue weighted by Crippen LogP contribution is 2.05. The topological polar surface area (TPSA) is 75.4 Å². The van der Waals surface area contributed by atoms with Crippen molar-refractivity contribution in [2.24, 2.45) is 11.7 Å². The lowest BCUT2D eigenvalue weighted by molar-refractivity contribution is -0.130. The molecule has 0 aliphatic heterocycles. The van der Waals surface area contributed by atoms with Gasteiger partial charge in [0.2, 0.25) is 5.91 Å². The highest BCUT2D eigenvalue weighted by Gasteiger charge is 2.12. The molecule has 0 spiro atoms. The Morgan fingerprint density at radius 2 is 1.87 bits per heavy atom. The largest absolute Gasteiger partial charge is 0.352 e. The van der Waals surface area contributed by atoms with Gasteiger partial charge in [-0.15, -0.1) is 0 Å². The predicted molar refractivity (Wildman–Crippen MR) is 93.1 cm³/mol. The van der Waals surface area contributed by atoms with Crippen LogP contribution in [0.2, 0.25) is 0 Å². The quantitative estimate of drug-likeness (QED) is 0.684. The summed E-state index contributed by atoms with van der Waals surface area (Å²) in [4.78, 5) is 25.6. The van der Waals surface area contributed by atoms with E-state index in [1.807, 2.05) is 18.2 Å². The number of benzene rings is 1. The van der Waals surface area contributed by atoms with E-state index in [4.69, 9.17) is 5.73 Å². The van der Waals surface area contributed by atoms with Crippen LogP contribution in [0.4, 0.5) is 0 Å². The van der Waals surface area contributed by atoms with Crippen molar-refractivity contribution in [1.29, 1.82) is 0 Å². The van der Waals surface area contributed by atoms with Crippen molar-refractivity contribution in [2.45, 2.75) is 39.2 Å². The minimum absolute atomic E-state index is 0.0925. The van der Waals surface area contributed by atoms with Gasteiger partial charge in [0.1, 0.15) is 0 Å². The number of carbonyl (C=O) groups excluding carboxylic acids is 2. The smallest absolute Gasteiger partial charge is 0.251 e. The van der Waals surface area contributed by atoms with Crippen molar-refractivity contribution in [1.82, 2.24) is 10.2 Å². The van der Waals surface area contributed by atoms with Gasteiger partial charge in [-0.3, -0.25) is 9.59 Å². The number of hydrogen-bond donors (Lipinski definition) is 2. The second-order valence-corrected chi connectivity index (χ2v) is 6.24. The van der Waals surface area contributed by atoms with Gasteiger partial charge in [0.15, 0.2) is 0 Å². The minimum atomic E-state index is -0.102. The average molecular weight is 319 g/mol. The van der Waals surface area contributed by atoms with Gasteiger partial charge in [0.25, 0.3) is 5.91 Å². The number of amides is 2. The Morgan fingerprint density at radius 3 is 2.48 bits per heavy atom. The monoisotopic (exact) mass is 319 g/mol. The van der Waals surface area contributed by atoms with Gasteiger partial charge in [-0.05, 0) is 30.9 Å². The summed E-state index contributed by atoms with van der Waals surface area (Å²) < 4.78 is 0. The Labute approximate surface area is 139 Å². The van der Waals surface area contributed by atoms with Crippen LogP contribution in [0.25, 0.3) is 0 Å². The van der Waals surface area contributed by atoms with Crippen molar-refractivity contribution >= 4 is 11.8 Å². The average Bonchev–Trinajstić information content (AvgIpc) is 2.56. The Morgan fingerprint density at radius 1 is 1.22 bits per heavy atom. The van der Waals surface area contributed by atoms with Crippen LogP contribution in [0, 0.1) is 5.92 Å². The van der Waals surface area contributed by atoms with Crippen molar-refractivity contribution in [3.8, 4) is 0 Å². The van der Waals surface area contributed by atoms with E-state index in [1.54, 1.807) is 24.1 Å². The van der Waals surface area contributed by atoms with E-state index in [2.05, 4.69) is 19.2 Å². The van der Waals surface area contributed by atoms with E-state index in [9.17, 15) is 9.59 Å². The molecule has 1 aromatic carbocycles. The molecule has 3 N–H and O–H groups in total. The molecule has 2 amide bonds. The molecule has 0 aliphatic carbocycles. The fraction of sp³-hybridized carbons (Fsp3) is 0.556. The van der Waals surface area contributed by atoms with E-state index < -0.39 is 0 Å². The first-order valence-corrected chi connectivity index (χ1v) is 8.24. The van der Waals surface area contributed by atoms with Crippen LogP contribution >= 0.6 is 0 Å².